The largest absolute Gasteiger partial charge is 0.465 e. The molecule has 2 N–H and O–H groups in total. The van der Waals surface area contributed by atoms with Gasteiger partial charge in [0.15, 0.2) is 5.11 Å². The summed E-state index contributed by atoms with van der Waals surface area (Å²) in [6, 6.07) is 17.8. The van der Waals surface area contributed by atoms with Crippen LogP contribution in [0.15, 0.2) is 54.6 Å². The molecular formula is C31H34N4O3S2. The van der Waals surface area contributed by atoms with Crippen LogP contribution in [-0.2, 0) is 24.1 Å². The lowest BCUT2D eigenvalue weighted by molar-refractivity contribution is 0.0601. The number of thiophene rings is 1. The summed E-state index contributed by atoms with van der Waals surface area (Å²) < 4.78 is 13.1. The molecule has 0 spiro atoms. The van der Waals surface area contributed by atoms with Gasteiger partial charge in [-0.25, -0.2) is 4.79 Å². The Morgan fingerprint density at radius 1 is 1.00 bits per heavy atom. The van der Waals surface area contributed by atoms with Crippen LogP contribution in [0.1, 0.15) is 63.4 Å². The maximum atomic E-state index is 12.8. The van der Waals surface area contributed by atoms with Crippen molar-refractivity contribution >= 4 is 45.3 Å². The molecule has 0 atom stereocenters. The van der Waals surface area contributed by atoms with E-state index in [0.29, 0.717) is 17.2 Å². The van der Waals surface area contributed by atoms with Crippen LogP contribution in [0.5, 0.6) is 11.5 Å². The van der Waals surface area contributed by atoms with E-state index in [4.69, 9.17) is 26.8 Å². The molecule has 0 saturated carbocycles. The van der Waals surface area contributed by atoms with E-state index in [1.807, 2.05) is 67.1 Å². The Labute approximate surface area is 244 Å². The van der Waals surface area contributed by atoms with Gasteiger partial charge in [-0.2, -0.15) is 5.10 Å². The number of methoxy groups -OCH3 is 1. The number of carbonyl (C=O) groups excluding carboxylic acids is 1. The Kier molecular flexibility index (Phi) is 8.81. The summed E-state index contributed by atoms with van der Waals surface area (Å²) in [5.41, 5.74) is 5.46. The number of thiocarbonyl (C=S) groups is 1. The molecule has 0 amide bonds. The number of nitrogens with zero attached hydrogens (tertiary/aromatic N) is 2. The minimum absolute atomic E-state index is 0.318. The Hall–Kier alpha value is -3.69. The highest BCUT2D eigenvalue weighted by Crippen LogP contribution is 2.38. The summed E-state index contributed by atoms with van der Waals surface area (Å²) in [7, 11) is 1.43. The highest BCUT2D eigenvalue weighted by molar-refractivity contribution is 7.80. The van der Waals surface area contributed by atoms with Crippen LogP contribution in [0.4, 0.5) is 10.7 Å². The van der Waals surface area contributed by atoms with Crippen LogP contribution in [0.3, 0.4) is 0 Å². The van der Waals surface area contributed by atoms with Gasteiger partial charge >= 0.3 is 5.97 Å². The van der Waals surface area contributed by atoms with Crippen LogP contribution in [0.25, 0.3) is 0 Å². The number of anilines is 2. The van der Waals surface area contributed by atoms with Gasteiger partial charge in [0.2, 0.25) is 0 Å². The second kappa shape index (κ2) is 12.7. The fraction of sp³-hybridized carbons (Fsp3) is 0.323. The van der Waals surface area contributed by atoms with Crippen LogP contribution in [0.2, 0.25) is 0 Å². The highest BCUT2D eigenvalue weighted by Gasteiger charge is 2.25. The zero-order chi connectivity index (χ0) is 28.1. The Morgan fingerprint density at radius 3 is 2.52 bits per heavy atom. The van der Waals surface area contributed by atoms with E-state index < -0.39 is 0 Å². The lowest BCUT2D eigenvalue weighted by atomic mass is 9.96. The zero-order valence-corrected chi connectivity index (χ0v) is 24.7. The summed E-state index contributed by atoms with van der Waals surface area (Å²) in [6.07, 6.45) is 6.49. The predicted molar refractivity (Wildman–Crippen MR) is 165 cm³/mol. The molecule has 0 aliphatic heterocycles. The average molecular weight is 575 g/mol. The SMILES string of the molecule is COC(=O)c1c(NC(=S)Nc2c(C)nn(Cc3cccc(Oc4ccccc4)c3)c2C)sc2c1CCCCCC2. The summed E-state index contributed by atoms with van der Waals surface area (Å²) in [5, 5.41) is 12.6. The van der Waals surface area contributed by atoms with Crippen molar-refractivity contribution in [2.24, 2.45) is 0 Å². The molecule has 40 heavy (non-hydrogen) atoms. The fourth-order valence-electron chi connectivity index (χ4n) is 5.11. The topological polar surface area (TPSA) is 77.4 Å². The van der Waals surface area contributed by atoms with Gasteiger partial charge < -0.3 is 20.1 Å². The van der Waals surface area contributed by atoms with Crippen molar-refractivity contribution in [2.75, 3.05) is 17.7 Å². The number of esters is 1. The molecule has 1 aliphatic rings. The van der Waals surface area contributed by atoms with Gasteiger partial charge in [0, 0.05) is 4.88 Å². The molecule has 7 nitrogen and oxygen atoms in total. The molecule has 4 aromatic rings. The molecule has 0 bridgehead atoms. The van der Waals surface area contributed by atoms with Crippen molar-refractivity contribution in [3.05, 3.63) is 87.6 Å². The zero-order valence-electron chi connectivity index (χ0n) is 23.1. The lowest BCUT2D eigenvalue weighted by Crippen LogP contribution is -2.21. The number of fused-ring (bicyclic) bond motifs is 1. The molecule has 2 aromatic carbocycles. The van der Waals surface area contributed by atoms with Crippen molar-refractivity contribution in [3.63, 3.8) is 0 Å². The molecule has 0 saturated heterocycles. The summed E-state index contributed by atoms with van der Waals surface area (Å²) >= 11 is 7.32. The second-order valence-electron chi connectivity index (χ2n) is 9.96. The van der Waals surface area contributed by atoms with Gasteiger partial charge in [-0.3, -0.25) is 4.68 Å². The molecule has 0 radical (unpaired) electrons. The van der Waals surface area contributed by atoms with Crippen molar-refractivity contribution in [3.8, 4) is 11.5 Å². The number of ether oxygens (including phenoxy) is 2. The van der Waals surface area contributed by atoms with Gasteiger partial charge in [-0.15, -0.1) is 11.3 Å². The number of hydrogen-bond acceptors (Lipinski definition) is 6. The third-order valence-corrected chi connectivity index (χ3v) is 8.53. The van der Waals surface area contributed by atoms with E-state index in [1.54, 1.807) is 11.3 Å². The van der Waals surface area contributed by atoms with Crippen molar-refractivity contribution in [2.45, 2.75) is 58.9 Å². The van der Waals surface area contributed by atoms with Crippen LogP contribution < -0.4 is 15.4 Å². The first kappa shape index (κ1) is 27.9. The molecule has 0 unspecified atom stereocenters. The van der Waals surface area contributed by atoms with Gasteiger partial charge in [-0.05, 0) is 87.1 Å². The number of aromatic nitrogens is 2. The summed E-state index contributed by atoms with van der Waals surface area (Å²) in [4.78, 5) is 14.0. The summed E-state index contributed by atoms with van der Waals surface area (Å²) in [5.74, 6) is 1.26. The quantitative estimate of drug-likeness (QED) is 0.173. The van der Waals surface area contributed by atoms with Crippen molar-refractivity contribution in [1.29, 1.82) is 0 Å². The number of rotatable bonds is 7. The third kappa shape index (κ3) is 6.37. The van der Waals surface area contributed by atoms with Crippen LogP contribution in [-0.4, -0.2) is 28.0 Å². The third-order valence-electron chi connectivity index (χ3n) is 7.12. The minimum atomic E-state index is -0.318. The number of nitrogens with one attached hydrogen (secondary N) is 2. The number of hydrogen-bond donors (Lipinski definition) is 2. The van der Waals surface area contributed by atoms with E-state index in [1.165, 1.54) is 24.8 Å². The van der Waals surface area contributed by atoms with E-state index in [0.717, 1.165) is 70.4 Å². The van der Waals surface area contributed by atoms with E-state index in [9.17, 15) is 4.79 Å². The van der Waals surface area contributed by atoms with Crippen molar-refractivity contribution < 1.29 is 14.3 Å². The fourth-order valence-corrected chi connectivity index (χ4v) is 6.66. The summed E-state index contributed by atoms with van der Waals surface area (Å²) in [6.45, 7) is 4.57. The molecule has 2 aromatic heterocycles. The molecule has 9 heteroatoms. The standard InChI is InChI=1S/C31H34N4O3S2/c1-20-28(21(2)35(34-20)19-22-12-11-15-24(18-22)38-23-13-7-6-8-14-23)32-31(39)33-29-27(30(36)37-3)25-16-9-4-5-10-17-26(25)40-29/h6-8,11-15,18H,4-5,9-10,16-17,19H2,1-3H3,(H2,32,33,39). The monoisotopic (exact) mass is 574 g/mol. The lowest BCUT2D eigenvalue weighted by Gasteiger charge is -2.12. The van der Waals surface area contributed by atoms with E-state index >= 15 is 0 Å². The first-order valence-corrected chi connectivity index (χ1v) is 14.8. The second-order valence-corrected chi connectivity index (χ2v) is 11.5. The molecule has 2 heterocycles. The van der Waals surface area contributed by atoms with Gasteiger partial charge in [0.05, 0.1) is 36.3 Å². The average Bonchev–Trinajstić information content (AvgIpc) is 3.39. The van der Waals surface area contributed by atoms with Crippen LogP contribution >= 0.6 is 23.6 Å². The van der Waals surface area contributed by atoms with Crippen molar-refractivity contribution in [1.82, 2.24) is 9.78 Å². The Balaban J connectivity index is 1.31. The first-order valence-electron chi connectivity index (χ1n) is 13.6. The van der Waals surface area contributed by atoms with Gasteiger partial charge in [0.1, 0.15) is 16.5 Å². The molecular weight excluding hydrogens is 541 g/mol. The van der Waals surface area contributed by atoms with E-state index in [2.05, 4.69) is 16.7 Å². The number of benzene rings is 2. The normalized spacial score (nSPS) is 13.1. The Bertz CT molecular complexity index is 1510. The van der Waals surface area contributed by atoms with Gasteiger partial charge in [0.25, 0.3) is 0 Å². The molecule has 5 rings (SSSR count). The first-order chi connectivity index (χ1) is 19.4. The minimum Gasteiger partial charge on any atom is -0.465 e. The predicted octanol–water partition coefficient (Wildman–Crippen LogP) is 7.66. The molecule has 1 aliphatic carbocycles. The number of carbonyl (C=O) groups is 1. The molecule has 208 valence electrons. The van der Waals surface area contributed by atoms with E-state index in [-0.39, 0.29) is 5.97 Å². The van der Waals surface area contributed by atoms with Crippen LogP contribution in [0, 0.1) is 13.8 Å². The number of aryl methyl sites for hydroxylation is 2. The number of para-hydroxylation sites is 1. The Morgan fingerprint density at radius 2 is 1.75 bits per heavy atom. The maximum Gasteiger partial charge on any atom is 0.341 e. The maximum absolute atomic E-state index is 12.8. The molecule has 0 fully saturated rings. The smallest absolute Gasteiger partial charge is 0.341 e. The highest BCUT2D eigenvalue weighted by atomic mass is 32.1. The van der Waals surface area contributed by atoms with Gasteiger partial charge in [-0.1, -0.05) is 43.2 Å².